The Balaban J connectivity index is 1.50. The molecule has 3 aromatic rings. The number of carbonyl (C=O) groups is 1. The van der Waals surface area contributed by atoms with Crippen LogP contribution < -0.4 is 15.8 Å². The van der Waals surface area contributed by atoms with Crippen LogP contribution in [0.5, 0.6) is 0 Å². The minimum atomic E-state index is -0.133. The summed E-state index contributed by atoms with van der Waals surface area (Å²) in [5.74, 6) is 0.0358. The number of aryl methyl sites for hydroxylation is 2. The van der Waals surface area contributed by atoms with Gasteiger partial charge >= 0.3 is 0 Å². The lowest BCUT2D eigenvalue weighted by atomic mass is 10.1. The zero-order valence-corrected chi connectivity index (χ0v) is 19.0. The highest BCUT2D eigenvalue weighted by atomic mass is 32.2. The van der Waals surface area contributed by atoms with Crippen molar-refractivity contribution in [3.05, 3.63) is 39.7 Å². The third kappa shape index (κ3) is 4.52. The third-order valence-electron chi connectivity index (χ3n) is 5.05. The first-order chi connectivity index (χ1) is 14.4. The summed E-state index contributed by atoms with van der Waals surface area (Å²) in [6, 6.07) is 5.94. The Morgan fingerprint density at radius 3 is 2.53 bits per heavy atom. The predicted molar refractivity (Wildman–Crippen MR) is 124 cm³/mol. The number of hydrogen-bond donors (Lipinski definition) is 1. The smallest absolute Gasteiger partial charge is 0.273 e. The molecule has 0 unspecified atom stereocenters. The van der Waals surface area contributed by atoms with Gasteiger partial charge < -0.3 is 10.2 Å². The Hall–Kier alpha value is -2.39. The van der Waals surface area contributed by atoms with Gasteiger partial charge in [-0.3, -0.25) is 14.2 Å². The van der Waals surface area contributed by atoms with E-state index in [1.165, 1.54) is 34.1 Å². The summed E-state index contributed by atoms with van der Waals surface area (Å²) < 4.78 is 2.08. The molecule has 0 radical (unpaired) electrons. The summed E-state index contributed by atoms with van der Waals surface area (Å²) in [4.78, 5) is 36.7. The molecule has 1 aliphatic heterocycles. The molecule has 7 nitrogen and oxygen atoms in total. The molecular weight excluding hydrogens is 418 g/mol. The van der Waals surface area contributed by atoms with Gasteiger partial charge in [0, 0.05) is 25.8 Å². The minimum Gasteiger partial charge on any atom is -0.348 e. The highest BCUT2D eigenvalue weighted by Crippen LogP contribution is 2.29. The number of piperidine rings is 1. The molecule has 3 heterocycles. The van der Waals surface area contributed by atoms with Crippen LogP contribution in [0, 0.1) is 13.8 Å². The van der Waals surface area contributed by atoms with E-state index in [1.54, 1.807) is 7.05 Å². The van der Waals surface area contributed by atoms with Crippen LogP contribution in [0.25, 0.3) is 10.3 Å². The fourth-order valence-corrected chi connectivity index (χ4v) is 5.44. The maximum atomic E-state index is 12.8. The van der Waals surface area contributed by atoms with Crippen molar-refractivity contribution in [1.29, 1.82) is 0 Å². The van der Waals surface area contributed by atoms with Crippen molar-refractivity contribution in [2.45, 2.75) is 38.3 Å². The number of aromatic nitrogens is 3. The Bertz CT molecular complexity index is 1130. The molecule has 0 atom stereocenters. The van der Waals surface area contributed by atoms with E-state index in [4.69, 9.17) is 0 Å². The molecule has 9 heteroatoms. The molecule has 158 valence electrons. The topological polar surface area (TPSA) is 80.1 Å². The first-order valence-corrected chi connectivity index (χ1v) is 11.8. The van der Waals surface area contributed by atoms with Crippen LogP contribution in [0.4, 0.5) is 10.8 Å². The third-order valence-corrected chi connectivity index (χ3v) is 7.17. The number of benzene rings is 1. The molecule has 1 saturated heterocycles. The standard InChI is InChI=1S/C21H25N5O2S2/c1-13-9-14(2)11-15(10-13)22-16(27)12-29-20-23-18-17(19(28)25(20)3)30-21(24-18)26-7-5-4-6-8-26/h9-11H,4-8,12H2,1-3H3,(H,22,27). The van der Waals surface area contributed by atoms with Gasteiger partial charge in [0.25, 0.3) is 5.56 Å². The summed E-state index contributed by atoms with van der Waals surface area (Å²) in [5.41, 5.74) is 3.33. The van der Waals surface area contributed by atoms with E-state index in [2.05, 4.69) is 26.3 Å². The summed E-state index contributed by atoms with van der Waals surface area (Å²) in [5, 5.41) is 4.28. The highest BCUT2D eigenvalue weighted by molar-refractivity contribution is 7.99. The number of carbonyl (C=O) groups excluding carboxylic acids is 1. The molecule has 0 spiro atoms. The van der Waals surface area contributed by atoms with Crippen molar-refractivity contribution in [2.75, 3.05) is 29.1 Å². The summed E-state index contributed by atoms with van der Waals surface area (Å²) in [6.07, 6.45) is 3.54. The van der Waals surface area contributed by atoms with Gasteiger partial charge in [-0.2, -0.15) is 4.98 Å². The van der Waals surface area contributed by atoms with E-state index < -0.39 is 0 Å². The van der Waals surface area contributed by atoms with Crippen molar-refractivity contribution in [1.82, 2.24) is 14.5 Å². The lowest BCUT2D eigenvalue weighted by molar-refractivity contribution is -0.113. The van der Waals surface area contributed by atoms with Crippen LogP contribution in [0.15, 0.2) is 28.2 Å². The first kappa shape index (κ1) is 20.9. The molecule has 0 aliphatic carbocycles. The van der Waals surface area contributed by atoms with Crippen LogP contribution >= 0.6 is 23.1 Å². The second-order valence-corrected chi connectivity index (χ2v) is 9.59. The number of rotatable bonds is 5. The minimum absolute atomic E-state index is 0.113. The SMILES string of the molecule is Cc1cc(C)cc(NC(=O)CSc2nc3nc(N4CCCCC4)sc3c(=O)n2C)c1. The summed E-state index contributed by atoms with van der Waals surface area (Å²) in [6.45, 7) is 5.94. The van der Waals surface area contributed by atoms with Crippen molar-refractivity contribution in [2.24, 2.45) is 7.05 Å². The number of nitrogens with zero attached hydrogens (tertiary/aromatic N) is 4. The molecule has 1 fully saturated rings. The number of thioether (sulfide) groups is 1. The quantitative estimate of drug-likeness (QED) is 0.478. The molecule has 2 aromatic heterocycles. The fourth-order valence-electron chi connectivity index (χ4n) is 3.64. The second-order valence-electron chi connectivity index (χ2n) is 7.67. The van der Waals surface area contributed by atoms with Crippen molar-refractivity contribution < 1.29 is 4.79 Å². The summed E-state index contributed by atoms with van der Waals surface area (Å²) in [7, 11) is 1.69. The van der Waals surface area contributed by atoms with Crippen LogP contribution in [-0.4, -0.2) is 39.3 Å². The molecule has 30 heavy (non-hydrogen) atoms. The summed E-state index contributed by atoms with van der Waals surface area (Å²) >= 11 is 2.66. The number of thiazole rings is 1. The Morgan fingerprint density at radius 2 is 1.83 bits per heavy atom. The van der Waals surface area contributed by atoms with Gasteiger partial charge in [-0.1, -0.05) is 29.2 Å². The molecule has 1 aliphatic rings. The molecular formula is C21H25N5O2S2. The van der Waals surface area contributed by atoms with Crippen molar-refractivity contribution >= 4 is 50.2 Å². The molecule has 1 aromatic carbocycles. The van der Waals surface area contributed by atoms with Crippen molar-refractivity contribution in [3.63, 3.8) is 0 Å². The monoisotopic (exact) mass is 443 g/mol. The Labute approximate surface area is 183 Å². The zero-order chi connectivity index (χ0) is 21.3. The van der Waals surface area contributed by atoms with E-state index in [0.29, 0.717) is 15.5 Å². The number of amides is 1. The van der Waals surface area contributed by atoms with E-state index in [-0.39, 0.29) is 17.2 Å². The van der Waals surface area contributed by atoms with Gasteiger partial charge in [-0.25, -0.2) is 4.98 Å². The highest BCUT2D eigenvalue weighted by Gasteiger charge is 2.19. The molecule has 4 rings (SSSR count). The van der Waals surface area contributed by atoms with Gasteiger partial charge in [-0.15, -0.1) is 0 Å². The van der Waals surface area contributed by atoms with E-state index >= 15 is 0 Å². The average molecular weight is 444 g/mol. The number of fused-ring (bicyclic) bond motifs is 1. The van der Waals surface area contributed by atoms with Crippen molar-refractivity contribution in [3.8, 4) is 0 Å². The Morgan fingerprint density at radius 1 is 1.13 bits per heavy atom. The lowest BCUT2D eigenvalue weighted by Crippen LogP contribution is -2.29. The second kappa shape index (κ2) is 8.77. The number of anilines is 2. The molecule has 1 N–H and O–H groups in total. The van der Waals surface area contributed by atoms with Crippen LogP contribution in [0.1, 0.15) is 30.4 Å². The first-order valence-electron chi connectivity index (χ1n) is 10.0. The van der Waals surface area contributed by atoms with E-state index in [1.807, 2.05) is 26.0 Å². The Kier molecular flexibility index (Phi) is 6.10. The molecule has 1 amide bonds. The number of nitrogens with one attached hydrogen (secondary N) is 1. The van der Waals surface area contributed by atoms with Gasteiger partial charge in [0.05, 0.1) is 5.75 Å². The largest absolute Gasteiger partial charge is 0.348 e. The van der Waals surface area contributed by atoms with Crippen LogP contribution in [-0.2, 0) is 11.8 Å². The normalized spacial score (nSPS) is 14.3. The zero-order valence-electron chi connectivity index (χ0n) is 17.4. The van der Waals surface area contributed by atoms with Gasteiger partial charge in [-0.05, 0) is 56.4 Å². The van der Waals surface area contributed by atoms with Gasteiger partial charge in [0.2, 0.25) is 5.91 Å². The molecule has 0 saturated carbocycles. The van der Waals surface area contributed by atoms with E-state index in [0.717, 1.165) is 47.9 Å². The fraction of sp³-hybridized carbons (Fsp3) is 0.429. The van der Waals surface area contributed by atoms with Crippen LogP contribution in [0.3, 0.4) is 0 Å². The van der Waals surface area contributed by atoms with E-state index in [9.17, 15) is 9.59 Å². The number of hydrogen-bond acceptors (Lipinski definition) is 7. The van der Waals surface area contributed by atoms with Gasteiger partial charge in [0.1, 0.15) is 4.70 Å². The average Bonchev–Trinajstić information content (AvgIpc) is 3.14. The predicted octanol–water partition coefficient (Wildman–Crippen LogP) is 3.73. The van der Waals surface area contributed by atoms with Gasteiger partial charge in [0.15, 0.2) is 15.9 Å². The maximum Gasteiger partial charge on any atom is 0.273 e. The lowest BCUT2D eigenvalue weighted by Gasteiger charge is -2.25. The molecule has 0 bridgehead atoms. The van der Waals surface area contributed by atoms with Crippen LogP contribution in [0.2, 0.25) is 0 Å². The maximum absolute atomic E-state index is 12.8.